The van der Waals surface area contributed by atoms with Gasteiger partial charge in [0.25, 0.3) is 10.0 Å². The van der Waals surface area contributed by atoms with Gasteiger partial charge in [0.2, 0.25) is 17.7 Å². The number of cyclic esters (lactones) is 1. The number of methoxy groups -OCH3 is 2. The third kappa shape index (κ3) is 14.6. The van der Waals surface area contributed by atoms with Gasteiger partial charge in [-0.15, -0.1) is 0 Å². The first-order valence-corrected chi connectivity index (χ1v) is 23.1. The zero-order chi connectivity index (χ0) is 46.6. The summed E-state index contributed by atoms with van der Waals surface area (Å²) in [4.78, 5) is 74.0. The van der Waals surface area contributed by atoms with E-state index in [-0.39, 0.29) is 51.8 Å². The topological polar surface area (TPSA) is 329 Å². The van der Waals surface area contributed by atoms with E-state index >= 15 is 0 Å². The van der Waals surface area contributed by atoms with Crippen LogP contribution in [-0.2, 0) is 38.8 Å². The van der Waals surface area contributed by atoms with E-state index in [2.05, 4.69) is 25.6 Å². The molecule has 0 bridgehead atoms. The average Bonchev–Trinajstić information content (AvgIpc) is 3.82. The normalized spacial score (nSPS) is 14.1. The number of amides is 4. The lowest BCUT2D eigenvalue weighted by Crippen LogP contribution is -2.36. The number of urea groups is 1. The van der Waals surface area contributed by atoms with Gasteiger partial charge in [0.05, 0.1) is 55.7 Å². The van der Waals surface area contributed by atoms with Crippen LogP contribution in [0.3, 0.4) is 0 Å². The molecule has 23 nitrogen and oxygen atoms in total. The quantitative estimate of drug-likeness (QED) is 0.0993. The average molecular weight is 954 g/mol. The summed E-state index contributed by atoms with van der Waals surface area (Å²) in [5, 5.41) is 11.5. The molecule has 4 amide bonds. The Morgan fingerprint density at radius 1 is 1.05 bits per heavy atom. The van der Waals surface area contributed by atoms with Crippen LogP contribution in [0, 0.1) is 5.82 Å². The van der Waals surface area contributed by atoms with Crippen molar-refractivity contribution in [1.29, 1.82) is 0 Å². The Balaban J connectivity index is 0.000000274. The third-order valence-electron chi connectivity index (χ3n) is 7.91. The number of carbonyl (C=O) groups excluding carboxylic acids is 3. The Kier molecular flexibility index (Phi) is 18.1. The summed E-state index contributed by atoms with van der Waals surface area (Å²) in [6.45, 7) is 4.19. The lowest BCUT2D eigenvalue weighted by atomic mass is 10.2. The van der Waals surface area contributed by atoms with Gasteiger partial charge in [-0.3, -0.25) is 24.8 Å². The van der Waals surface area contributed by atoms with E-state index in [0.29, 0.717) is 10.5 Å². The molecular formula is C34H42ClFN7O16PS2. The summed E-state index contributed by atoms with van der Waals surface area (Å²) >= 11 is 6.04. The first-order chi connectivity index (χ1) is 28.9. The van der Waals surface area contributed by atoms with Gasteiger partial charge in [0.15, 0.2) is 20.6 Å². The van der Waals surface area contributed by atoms with Crippen molar-refractivity contribution in [3.8, 4) is 17.5 Å². The highest BCUT2D eigenvalue weighted by Gasteiger charge is 2.40. The van der Waals surface area contributed by atoms with Crippen molar-refractivity contribution in [3.05, 3.63) is 58.7 Å². The van der Waals surface area contributed by atoms with Crippen molar-refractivity contribution in [1.82, 2.24) is 25.0 Å². The van der Waals surface area contributed by atoms with Crippen LogP contribution in [0.4, 0.5) is 25.6 Å². The summed E-state index contributed by atoms with van der Waals surface area (Å²) in [6, 6.07) is 4.80. The van der Waals surface area contributed by atoms with Crippen molar-refractivity contribution < 1.29 is 78.8 Å². The second kappa shape index (κ2) is 22.0. The minimum absolute atomic E-state index is 0.00962. The molecule has 0 atom stereocenters. The number of aromatic nitrogens is 3. The maximum Gasteiger partial charge on any atom is 0.427 e. The van der Waals surface area contributed by atoms with Crippen LogP contribution < -0.4 is 34.5 Å². The molecule has 2 aliphatic rings. The highest BCUT2D eigenvalue weighted by Crippen LogP contribution is 2.38. The Bertz CT molecular complexity index is 2440. The van der Waals surface area contributed by atoms with Crippen LogP contribution in [-0.4, -0.2) is 110 Å². The molecule has 1 aliphatic carbocycles. The van der Waals surface area contributed by atoms with Crippen LogP contribution in [0.15, 0.2) is 57.8 Å². The number of hydrogen-bond acceptors (Lipinski definition) is 17. The number of anilines is 2. The van der Waals surface area contributed by atoms with Gasteiger partial charge in [0.1, 0.15) is 16.5 Å². The minimum atomic E-state index is -4.61. The molecule has 28 heteroatoms. The Morgan fingerprint density at radius 2 is 1.66 bits per heavy atom. The lowest BCUT2D eigenvalue weighted by Gasteiger charge is -2.18. The summed E-state index contributed by atoms with van der Waals surface area (Å²) in [5.41, 5.74) is 0.311. The number of sulfone groups is 1. The molecular weight excluding hydrogens is 912 g/mol. The predicted octanol–water partition coefficient (Wildman–Crippen LogP) is 3.57. The number of carboxylic acid groups (broad SMARTS) is 1. The number of ether oxygens (including phenoxy) is 4. The summed E-state index contributed by atoms with van der Waals surface area (Å²) in [7, 11) is -9.94. The van der Waals surface area contributed by atoms with Crippen molar-refractivity contribution in [2.24, 2.45) is 0 Å². The highest BCUT2D eigenvalue weighted by molar-refractivity contribution is 7.93. The van der Waals surface area contributed by atoms with Crippen LogP contribution in [0.1, 0.15) is 46.5 Å². The number of halogens is 2. The zero-order valence-corrected chi connectivity index (χ0v) is 36.7. The number of imide groups is 1. The number of nitrogens with one attached hydrogen (secondary N) is 3. The molecule has 0 radical (unpaired) electrons. The monoisotopic (exact) mass is 953 g/mol. The number of carbonyl (C=O) groups is 4. The van der Waals surface area contributed by atoms with E-state index in [1.54, 1.807) is 18.6 Å². The molecule has 62 heavy (non-hydrogen) atoms. The SMILES string of the molecule is CC(C)=C1OC(=O)N(c2cc(OC3CCCC3)c(Cl)cc2F)C1=O.CCS(=O)(=O)c1cccnc1S(=O)(=O)NC(=O)Nc1nc(OC)cc(OC)n1.O=C(O)CNCP(=O)(O)O. The summed E-state index contributed by atoms with van der Waals surface area (Å²) in [5.74, 6) is -2.99. The number of nitrogens with zero attached hydrogens (tertiary/aromatic N) is 4. The van der Waals surface area contributed by atoms with Gasteiger partial charge in [-0.05, 0) is 63.3 Å². The molecule has 1 aromatic carbocycles. The van der Waals surface area contributed by atoms with Crippen molar-refractivity contribution in [3.63, 3.8) is 0 Å². The summed E-state index contributed by atoms with van der Waals surface area (Å²) in [6.07, 6.45) is 3.50. The predicted molar refractivity (Wildman–Crippen MR) is 216 cm³/mol. The van der Waals surface area contributed by atoms with Gasteiger partial charge in [-0.1, -0.05) is 18.5 Å². The fourth-order valence-electron chi connectivity index (χ4n) is 5.10. The molecule has 1 saturated carbocycles. The van der Waals surface area contributed by atoms with Crippen LogP contribution >= 0.6 is 19.2 Å². The number of allylic oxidation sites excluding steroid dienone is 1. The first-order valence-electron chi connectivity index (χ1n) is 17.8. The second-order valence-corrected chi connectivity index (χ2v) is 18.7. The van der Waals surface area contributed by atoms with Crippen molar-refractivity contribution in [2.45, 2.75) is 62.5 Å². The Labute approximate surface area is 359 Å². The number of aliphatic carboxylic acids is 1. The number of rotatable bonds is 14. The number of carboxylic acids is 1. The molecule has 1 saturated heterocycles. The van der Waals surface area contributed by atoms with E-state index in [9.17, 15) is 45.0 Å². The van der Waals surface area contributed by atoms with E-state index in [0.717, 1.165) is 44.0 Å². The van der Waals surface area contributed by atoms with Gasteiger partial charge in [-0.2, -0.15) is 18.4 Å². The molecule has 340 valence electrons. The molecule has 5 rings (SSSR count). The maximum absolute atomic E-state index is 14.3. The Morgan fingerprint density at radius 3 is 2.18 bits per heavy atom. The highest BCUT2D eigenvalue weighted by atomic mass is 35.5. The fourth-order valence-corrected chi connectivity index (χ4v) is 8.24. The summed E-state index contributed by atoms with van der Waals surface area (Å²) < 4.78 is 95.8. The number of benzene rings is 1. The van der Waals surface area contributed by atoms with Gasteiger partial charge in [0, 0.05) is 12.3 Å². The molecule has 0 unspecified atom stereocenters. The van der Waals surface area contributed by atoms with Crippen LogP contribution in [0.25, 0.3) is 0 Å². The largest absolute Gasteiger partial charge is 0.489 e. The zero-order valence-electron chi connectivity index (χ0n) is 33.4. The molecule has 3 aromatic rings. The number of pyridine rings is 1. The molecule has 6 N–H and O–H groups in total. The lowest BCUT2D eigenvalue weighted by molar-refractivity contribution is -0.135. The smallest absolute Gasteiger partial charge is 0.427 e. The van der Waals surface area contributed by atoms with E-state index < -0.39 is 80.0 Å². The van der Waals surface area contributed by atoms with Crippen molar-refractivity contribution >= 4 is 74.7 Å². The van der Waals surface area contributed by atoms with E-state index in [1.807, 2.05) is 0 Å². The van der Waals surface area contributed by atoms with Gasteiger partial charge in [-0.25, -0.2) is 37.0 Å². The molecule has 3 heterocycles. The van der Waals surface area contributed by atoms with Crippen molar-refractivity contribution in [2.75, 3.05) is 43.0 Å². The van der Waals surface area contributed by atoms with Crippen LogP contribution in [0.2, 0.25) is 5.02 Å². The fraction of sp³-hybridized carbons (Fsp3) is 0.382. The van der Waals surface area contributed by atoms with Crippen LogP contribution in [0.5, 0.6) is 17.5 Å². The second-order valence-electron chi connectivity index (χ2n) is 12.8. The number of hydrogen-bond donors (Lipinski definition) is 6. The minimum Gasteiger partial charge on any atom is -0.489 e. The molecule has 0 spiro atoms. The van der Waals surface area contributed by atoms with E-state index in [1.165, 1.54) is 39.3 Å². The number of sulfonamides is 1. The first kappa shape index (κ1) is 50.9. The standard InChI is InChI=1S/C17H17ClFNO4.C14H17N5O7S2.C3H8NO5P/c1-9(2)15-16(21)20(17(22)24-15)13-8-14(11(18)7-12(13)19)23-10-5-3-4-6-10;1-4-27(21,22)9-6-5-7-15-12(9)28(23,24)19-14(20)18-13-16-10(25-2)8-11(17-13)26-3;5-3(6)1-4-2-10(7,8)9/h7-8,10H,3-6H2,1-2H3;5-8H,4H2,1-3H3,(H2,16,17,18,19,20);4H,1-2H2,(H,5,6)(H2,7,8,9). The van der Waals surface area contributed by atoms with E-state index in [4.69, 9.17) is 45.4 Å². The van der Waals surface area contributed by atoms with Gasteiger partial charge < -0.3 is 33.8 Å². The molecule has 1 aliphatic heterocycles. The maximum atomic E-state index is 14.3. The van der Waals surface area contributed by atoms with Gasteiger partial charge >= 0.3 is 31.6 Å². The molecule has 2 aromatic heterocycles. The third-order valence-corrected chi connectivity index (χ3v) is 12.0. The molecule has 2 fully saturated rings. The Hall–Kier alpha value is -5.50.